The molecule has 1 saturated carbocycles. The van der Waals surface area contributed by atoms with Gasteiger partial charge in [-0.3, -0.25) is 4.79 Å². The molecule has 5 nitrogen and oxygen atoms in total. The number of nitrogens with one attached hydrogen (secondary N) is 1. The summed E-state index contributed by atoms with van der Waals surface area (Å²) >= 11 is 1.61. The van der Waals surface area contributed by atoms with Crippen molar-refractivity contribution in [2.75, 3.05) is 6.54 Å². The van der Waals surface area contributed by atoms with Gasteiger partial charge in [0.1, 0.15) is 5.54 Å². The molecule has 2 rings (SSSR count). The predicted octanol–water partition coefficient (Wildman–Crippen LogP) is 2.64. The van der Waals surface area contributed by atoms with Gasteiger partial charge in [-0.05, 0) is 51.6 Å². The molecule has 21 heavy (non-hydrogen) atoms. The molecule has 1 fully saturated rings. The van der Waals surface area contributed by atoms with Crippen LogP contribution in [0.5, 0.6) is 0 Å². The van der Waals surface area contributed by atoms with Gasteiger partial charge in [0.2, 0.25) is 0 Å². The van der Waals surface area contributed by atoms with E-state index in [-0.39, 0.29) is 5.25 Å². The van der Waals surface area contributed by atoms with Crippen LogP contribution in [0.25, 0.3) is 0 Å². The van der Waals surface area contributed by atoms with Crippen molar-refractivity contribution in [3.8, 4) is 0 Å². The van der Waals surface area contributed by atoms with Crippen LogP contribution in [-0.2, 0) is 4.79 Å². The van der Waals surface area contributed by atoms with E-state index in [0.717, 1.165) is 36.7 Å². The molecule has 1 aliphatic rings. The Labute approximate surface area is 130 Å². The van der Waals surface area contributed by atoms with Crippen LogP contribution < -0.4 is 5.32 Å². The smallest absolute Gasteiger partial charge is 0.323 e. The van der Waals surface area contributed by atoms with Gasteiger partial charge in [0.05, 0.1) is 0 Å². The van der Waals surface area contributed by atoms with Crippen molar-refractivity contribution in [2.24, 2.45) is 0 Å². The van der Waals surface area contributed by atoms with Crippen LogP contribution in [0.4, 0.5) is 0 Å². The monoisotopic (exact) mass is 309 g/mol. The fourth-order valence-electron chi connectivity index (χ4n) is 2.75. The Morgan fingerprint density at radius 2 is 2.43 bits per heavy atom. The van der Waals surface area contributed by atoms with Crippen molar-refractivity contribution < 1.29 is 9.90 Å². The molecule has 0 aliphatic heterocycles. The second-order valence-electron chi connectivity index (χ2n) is 5.63. The summed E-state index contributed by atoms with van der Waals surface area (Å²) in [7, 11) is 0. The summed E-state index contributed by atoms with van der Waals surface area (Å²) in [4.78, 5) is 20.4. The second-order valence-corrected chi connectivity index (χ2v) is 6.90. The minimum Gasteiger partial charge on any atom is -0.480 e. The Morgan fingerprint density at radius 1 is 1.62 bits per heavy atom. The van der Waals surface area contributed by atoms with E-state index in [9.17, 15) is 9.90 Å². The molecule has 0 amide bonds. The lowest BCUT2D eigenvalue weighted by Crippen LogP contribution is -2.55. The third kappa shape index (κ3) is 4.17. The van der Waals surface area contributed by atoms with Gasteiger partial charge < -0.3 is 10.4 Å². The van der Waals surface area contributed by atoms with Crippen molar-refractivity contribution in [3.05, 3.63) is 18.0 Å². The Bertz CT molecular complexity index is 498. The number of carboxylic acid groups (broad SMARTS) is 1. The highest BCUT2D eigenvalue weighted by molar-refractivity contribution is 7.99. The number of nitrogens with zero attached hydrogens (tertiary/aromatic N) is 2. The van der Waals surface area contributed by atoms with Gasteiger partial charge in [0.15, 0.2) is 5.16 Å². The average molecular weight is 309 g/mol. The Hall–Kier alpha value is -1.14. The van der Waals surface area contributed by atoms with Crippen LogP contribution in [0.2, 0.25) is 0 Å². The van der Waals surface area contributed by atoms with Crippen LogP contribution in [0.15, 0.2) is 17.4 Å². The zero-order valence-corrected chi connectivity index (χ0v) is 13.4. The first-order valence-corrected chi connectivity index (χ1v) is 8.38. The van der Waals surface area contributed by atoms with E-state index in [1.54, 1.807) is 18.0 Å². The zero-order valence-electron chi connectivity index (χ0n) is 12.6. The summed E-state index contributed by atoms with van der Waals surface area (Å²) in [6.45, 7) is 4.74. The summed E-state index contributed by atoms with van der Waals surface area (Å²) in [6.07, 6.45) is 5.97. The Morgan fingerprint density at radius 3 is 3.10 bits per heavy atom. The molecule has 0 aromatic carbocycles. The molecule has 0 radical (unpaired) electrons. The Balaban J connectivity index is 2.06. The van der Waals surface area contributed by atoms with E-state index >= 15 is 0 Å². The molecule has 0 spiro atoms. The number of thioether (sulfide) groups is 1. The molecule has 1 aliphatic carbocycles. The van der Waals surface area contributed by atoms with E-state index in [0.29, 0.717) is 12.8 Å². The van der Waals surface area contributed by atoms with Gasteiger partial charge in [-0.25, -0.2) is 9.97 Å². The normalized spacial score (nSPS) is 25.7. The van der Waals surface area contributed by atoms with E-state index in [4.69, 9.17) is 0 Å². The molecule has 0 saturated heterocycles. The highest BCUT2D eigenvalue weighted by atomic mass is 32.2. The SMILES string of the molecule is CCCNC1(C(=O)O)CCCC(Sc2nccc(C)n2)C1. The first-order chi connectivity index (χ1) is 10.1. The van der Waals surface area contributed by atoms with E-state index < -0.39 is 11.5 Å². The summed E-state index contributed by atoms with van der Waals surface area (Å²) in [5.74, 6) is -0.730. The van der Waals surface area contributed by atoms with Crippen molar-refractivity contribution in [3.63, 3.8) is 0 Å². The van der Waals surface area contributed by atoms with Crippen LogP contribution >= 0.6 is 11.8 Å². The maximum Gasteiger partial charge on any atom is 0.323 e. The van der Waals surface area contributed by atoms with E-state index in [2.05, 4.69) is 22.2 Å². The molecular formula is C15H23N3O2S. The van der Waals surface area contributed by atoms with Gasteiger partial charge in [-0.15, -0.1) is 0 Å². The van der Waals surface area contributed by atoms with E-state index in [1.165, 1.54) is 0 Å². The average Bonchev–Trinajstić information content (AvgIpc) is 2.45. The van der Waals surface area contributed by atoms with E-state index in [1.807, 2.05) is 13.0 Å². The van der Waals surface area contributed by atoms with Gasteiger partial charge in [-0.1, -0.05) is 18.7 Å². The first kappa shape index (κ1) is 16.2. The molecule has 2 N–H and O–H groups in total. The quantitative estimate of drug-likeness (QED) is 0.787. The molecule has 2 atom stereocenters. The molecular weight excluding hydrogens is 286 g/mol. The van der Waals surface area contributed by atoms with Crippen molar-refractivity contribution in [2.45, 2.75) is 61.9 Å². The Kier molecular flexibility index (Phi) is 5.58. The predicted molar refractivity (Wildman–Crippen MR) is 83.5 cm³/mol. The van der Waals surface area contributed by atoms with Gasteiger partial charge in [-0.2, -0.15) is 0 Å². The topological polar surface area (TPSA) is 75.1 Å². The molecule has 0 bridgehead atoms. The fraction of sp³-hybridized carbons (Fsp3) is 0.667. The standard InChI is InChI=1S/C15H23N3O2S/c1-3-8-17-15(13(19)20)7-4-5-12(10-15)21-14-16-9-6-11(2)18-14/h6,9,12,17H,3-5,7-8,10H2,1-2H3,(H,19,20). The molecule has 2 unspecified atom stereocenters. The van der Waals surface area contributed by atoms with Crippen LogP contribution in [-0.4, -0.2) is 38.4 Å². The highest BCUT2D eigenvalue weighted by Crippen LogP contribution is 2.37. The first-order valence-electron chi connectivity index (χ1n) is 7.50. The molecule has 1 aromatic rings. The number of hydrogen-bond acceptors (Lipinski definition) is 5. The minimum absolute atomic E-state index is 0.251. The molecule has 116 valence electrons. The minimum atomic E-state index is -0.782. The lowest BCUT2D eigenvalue weighted by atomic mass is 9.81. The number of aliphatic carboxylic acids is 1. The van der Waals surface area contributed by atoms with Gasteiger partial charge in [0, 0.05) is 17.1 Å². The second kappa shape index (κ2) is 7.22. The summed E-state index contributed by atoms with van der Waals surface area (Å²) < 4.78 is 0. The van der Waals surface area contributed by atoms with Gasteiger partial charge >= 0.3 is 5.97 Å². The maximum absolute atomic E-state index is 11.7. The lowest BCUT2D eigenvalue weighted by Gasteiger charge is -2.38. The molecule has 1 heterocycles. The summed E-state index contributed by atoms with van der Waals surface area (Å²) in [6, 6.07) is 1.87. The zero-order chi connectivity index (χ0) is 15.3. The number of carbonyl (C=O) groups is 1. The number of hydrogen-bond donors (Lipinski definition) is 2. The summed E-state index contributed by atoms with van der Waals surface area (Å²) in [5.41, 5.74) is 0.160. The highest BCUT2D eigenvalue weighted by Gasteiger charge is 2.42. The molecule has 6 heteroatoms. The number of rotatable bonds is 6. The number of aryl methyl sites for hydroxylation is 1. The van der Waals surface area contributed by atoms with Crippen molar-refractivity contribution in [1.29, 1.82) is 0 Å². The molecule has 1 aromatic heterocycles. The van der Waals surface area contributed by atoms with Crippen LogP contribution in [0.3, 0.4) is 0 Å². The van der Waals surface area contributed by atoms with Crippen molar-refractivity contribution in [1.82, 2.24) is 15.3 Å². The summed E-state index contributed by atoms with van der Waals surface area (Å²) in [5, 5.41) is 13.9. The number of aromatic nitrogens is 2. The van der Waals surface area contributed by atoms with Crippen LogP contribution in [0, 0.1) is 6.92 Å². The van der Waals surface area contributed by atoms with Crippen molar-refractivity contribution >= 4 is 17.7 Å². The third-order valence-electron chi connectivity index (χ3n) is 3.87. The van der Waals surface area contributed by atoms with Crippen LogP contribution in [0.1, 0.15) is 44.7 Å². The maximum atomic E-state index is 11.7. The van der Waals surface area contributed by atoms with Gasteiger partial charge in [0.25, 0.3) is 0 Å². The third-order valence-corrected chi connectivity index (χ3v) is 5.02. The lowest BCUT2D eigenvalue weighted by molar-refractivity contribution is -0.146. The fourth-order valence-corrected chi connectivity index (χ4v) is 4.02. The number of carboxylic acids is 1. The largest absolute Gasteiger partial charge is 0.480 e.